The summed E-state index contributed by atoms with van der Waals surface area (Å²) in [6.07, 6.45) is 7.54. The van der Waals surface area contributed by atoms with Crippen LogP contribution in [0.2, 0.25) is 0 Å². The van der Waals surface area contributed by atoms with Crippen molar-refractivity contribution in [2.24, 2.45) is 4.99 Å². The number of nitrogens with two attached hydrogens (primary N) is 4. The summed E-state index contributed by atoms with van der Waals surface area (Å²) in [7, 11) is 0. The molecule has 1 heterocycles. The van der Waals surface area contributed by atoms with E-state index in [9.17, 15) is 0 Å². The van der Waals surface area contributed by atoms with Crippen molar-refractivity contribution in [2.75, 3.05) is 49.2 Å². The minimum atomic E-state index is 0.547. The van der Waals surface area contributed by atoms with Gasteiger partial charge < -0.3 is 32.4 Å². The standard InChI is InChI=1S/C21H29N6O2/c22-16-3-5-18(24)20(13-16)28-11-1-8-27(10-7-26-15-27)9-2-12-29-21-14-17(23)4-6-19(21)25/h3-7,10,13-15H,1-2,8-9,11-12,22-25H2/q+1. The lowest BCUT2D eigenvalue weighted by atomic mass is 10.2. The Labute approximate surface area is 171 Å². The molecule has 8 nitrogen and oxygen atoms in total. The number of ether oxygens (including phenoxy) is 2. The topological polar surface area (TPSA) is 135 Å². The first-order valence-corrected chi connectivity index (χ1v) is 9.61. The van der Waals surface area contributed by atoms with Gasteiger partial charge in [0.25, 0.3) is 0 Å². The third-order valence-corrected chi connectivity index (χ3v) is 4.77. The Kier molecular flexibility index (Phi) is 6.46. The van der Waals surface area contributed by atoms with Gasteiger partial charge in [0.05, 0.1) is 43.9 Å². The Morgan fingerprint density at radius 2 is 1.28 bits per heavy atom. The van der Waals surface area contributed by atoms with Gasteiger partial charge in [-0.3, -0.25) is 4.48 Å². The Morgan fingerprint density at radius 1 is 0.759 bits per heavy atom. The number of benzene rings is 2. The van der Waals surface area contributed by atoms with Gasteiger partial charge in [-0.2, -0.15) is 0 Å². The molecular formula is C21H29N6O2+. The lowest BCUT2D eigenvalue weighted by molar-refractivity contribution is -0.780. The molecule has 8 heteroatoms. The quantitative estimate of drug-likeness (QED) is 0.276. The second-order valence-corrected chi connectivity index (χ2v) is 7.11. The van der Waals surface area contributed by atoms with Gasteiger partial charge in [-0.1, -0.05) is 0 Å². The molecule has 1 aliphatic rings. The van der Waals surface area contributed by atoms with Crippen LogP contribution in [0.15, 0.2) is 53.8 Å². The van der Waals surface area contributed by atoms with Crippen molar-refractivity contribution in [1.29, 1.82) is 0 Å². The van der Waals surface area contributed by atoms with Gasteiger partial charge >= 0.3 is 0 Å². The molecule has 0 spiro atoms. The second kappa shape index (κ2) is 9.20. The Hall–Kier alpha value is -3.39. The molecule has 0 atom stereocenters. The summed E-state index contributed by atoms with van der Waals surface area (Å²) in [4.78, 5) is 4.27. The van der Waals surface area contributed by atoms with Crippen LogP contribution in [0.4, 0.5) is 22.7 Å². The zero-order chi connectivity index (χ0) is 20.7. The molecule has 0 saturated carbocycles. The lowest BCUT2D eigenvalue weighted by Crippen LogP contribution is -2.42. The molecule has 8 N–H and O–H groups in total. The predicted molar refractivity (Wildman–Crippen MR) is 118 cm³/mol. The Bertz CT molecular complexity index is 823. The summed E-state index contributed by atoms with van der Waals surface area (Å²) >= 11 is 0. The Balaban J connectivity index is 1.45. The van der Waals surface area contributed by atoms with Crippen LogP contribution in [0, 0.1) is 0 Å². The Morgan fingerprint density at radius 3 is 1.72 bits per heavy atom. The van der Waals surface area contributed by atoms with E-state index in [0.717, 1.165) is 25.9 Å². The molecular weight excluding hydrogens is 368 g/mol. The monoisotopic (exact) mass is 397 g/mol. The van der Waals surface area contributed by atoms with Crippen molar-refractivity contribution < 1.29 is 14.0 Å². The average molecular weight is 398 g/mol. The van der Waals surface area contributed by atoms with E-state index < -0.39 is 0 Å². The molecule has 0 unspecified atom stereocenters. The number of nitrogens with zero attached hydrogens (tertiary/aromatic N) is 2. The second-order valence-electron chi connectivity index (χ2n) is 7.11. The number of hydrogen-bond donors (Lipinski definition) is 4. The molecule has 0 saturated heterocycles. The molecule has 0 radical (unpaired) electrons. The molecule has 0 bridgehead atoms. The molecule has 3 rings (SSSR count). The van der Waals surface area contributed by atoms with Crippen LogP contribution in [-0.4, -0.2) is 37.1 Å². The van der Waals surface area contributed by atoms with Crippen molar-refractivity contribution in [3.63, 3.8) is 0 Å². The van der Waals surface area contributed by atoms with E-state index in [2.05, 4.69) is 11.2 Å². The maximum absolute atomic E-state index is 5.92. The van der Waals surface area contributed by atoms with Crippen LogP contribution in [0.25, 0.3) is 0 Å². The van der Waals surface area contributed by atoms with Crippen molar-refractivity contribution in [2.45, 2.75) is 12.8 Å². The van der Waals surface area contributed by atoms with Gasteiger partial charge in [0, 0.05) is 36.3 Å². The summed E-state index contributed by atoms with van der Waals surface area (Å²) < 4.78 is 12.3. The first kappa shape index (κ1) is 20.3. The van der Waals surface area contributed by atoms with Crippen LogP contribution in [0.3, 0.4) is 0 Å². The van der Waals surface area contributed by atoms with Gasteiger partial charge in [-0.15, -0.1) is 0 Å². The normalized spacial score (nSPS) is 14.2. The lowest BCUT2D eigenvalue weighted by Gasteiger charge is -2.27. The largest absolute Gasteiger partial charge is 0.491 e. The number of hydrogen-bond acceptors (Lipinski definition) is 7. The summed E-state index contributed by atoms with van der Waals surface area (Å²) in [6, 6.07) is 10.5. The molecule has 2 aromatic carbocycles. The molecule has 1 aliphatic heterocycles. The number of quaternary nitrogens is 1. The first-order chi connectivity index (χ1) is 14.0. The summed E-state index contributed by atoms with van der Waals surface area (Å²) in [5.74, 6) is 1.24. The third kappa shape index (κ3) is 5.55. The van der Waals surface area contributed by atoms with Crippen LogP contribution >= 0.6 is 0 Å². The first-order valence-electron chi connectivity index (χ1n) is 9.61. The molecule has 154 valence electrons. The molecule has 0 aliphatic carbocycles. The van der Waals surface area contributed by atoms with Gasteiger partial charge in [-0.05, 0) is 24.3 Å². The highest BCUT2D eigenvalue weighted by Crippen LogP contribution is 2.25. The van der Waals surface area contributed by atoms with Crippen molar-refractivity contribution in [3.8, 4) is 11.5 Å². The van der Waals surface area contributed by atoms with Crippen molar-refractivity contribution in [3.05, 3.63) is 48.8 Å². The highest BCUT2D eigenvalue weighted by atomic mass is 16.5. The number of anilines is 4. The van der Waals surface area contributed by atoms with Gasteiger partial charge in [0.2, 0.25) is 0 Å². The molecule has 0 fully saturated rings. The number of nitrogen functional groups attached to an aromatic ring is 4. The zero-order valence-corrected chi connectivity index (χ0v) is 16.5. The van der Waals surface area contributed by atoms with E-state index in [1.165, 1.54) is 0 Å². The van der Waals surface area contributed by atoms with E-state index >= 15 is 0 Å². The molecule has 0 aromatic heterocycles. The highest BCUT2D eigenvalue weighted by Gasteiger charge is 2.25. The van der Waals surface area contributed by atoms with Crippen LogP contribution in [-0.2, 0) is 0 Å². The van der Waals surface area contributed by atoms with Crippen molar-refractivity contribution >= 4 is 29.1 Å². The SMILES string of the molecule is Nc1ccc(N)c(OCCC[N+]2(CCCOc3cc(N)ccc3N)C=CN=C2)c1. The van der Waals surface area contributed by atoms with Crippen LogP contribution in [0.5, 0.6) is 11.5 Å². The van der Waals surface area contributed by atoms with Gasteiger partial charge in [0.1, 0.15) is 17.7 Å². The van der Waals surface area contributed by atoms with Gasteiger partial charge in [-0.25, -0.2) is 4.99 Å². The number of rotatable bonds is 10. The minimum absolute atomic E-state index is 0.547. The maximum atomic E-state index is 5.92. The molecule has 2 aromatic rings. The van der Waals surface area contributed by atoms with E-state index in [0.29, 0.717) is 51.9 Å². The average Bonchev–Trinajstić information content (AvgIpc) is 3.16. The highest BCUT2D eigenvalue weighted by molar-refractivity contribution is 5.60. The predicted octanol–water partition coefficient (Wildman–Crippen LogP) is 2.58. The third-order valence-electron chi connectivity index (χ3n) is 4.77. The molecule has 29 heavy (non-hydrogen) atoms. The van der Waals surface area contributed by atoms with E-state index in [-0.39, 0.29) is 0 Å². The molecule has 0 amide bonds. The van der Waals surface area contributed by atoms with E-state index in [1.807, 2.05) is 12.5 Å². The fourth-order valence-corrected chi connectivity index (χ4v) is 3.19. The smallest absolute Gasteiger partial charge is 0.194 e. The van der Waals surface area contributed by atoms with Crippen molar-refractivity contribution in [1.82, 2.24) is 0 Å². The summed E-state index contributed by atoms with van der Waals surface area (Å²) in [6.45, 7) is 2.82. The van der Waals surface area contributed by atoms with Crippen LogP contribution < -0.4 is 32.4 Å². The maximum Gasteiger partial charge on any atom is 0.194 e. The zero-order valence-electron chi connectivity index (χ0n) is 16.5. The fraction of sp³-hybridized carbons (Fsp3) is 0.286. The number of aliphatic imine (C=N–C) groups is 1. The van der Waals surface area contributed by atoms with Gasteiger partial charge in [0.15, 0.2) is 6.34 Å². The van der Waals surface area contributed by atoms with E-state index in [4.69, 9.17) is 32.4 Å². The summed E-state index contributed by atoms with van der Waals surface area (Å²) in [5, 5.41) is 0. The minimum Gasteiger partial charge on any atom is -0.491 e. The fourth-order valence-electron chi connectivity index (χ4n) is 3.19. The van der Waals surface area contributed by atoms with Crippen LogP contribution in [0.1, 0.15) is 12.8 Å². The summed E-state index contributed by atoms with van der Waals surface area (Å²) in [5.41, 5.74) is 25.9. The van der Waals surface area contributed by atoms with E-state index in [1.54, 1.807) is 36.4 Å².